The van der Waals surface area contributed by atoms with E-state index in [-0.39, 0.29) is 6.54 Å². The van der Waals surface area contributed by atoms with E-state index in [4.69, 9.17) is 9.47 Å². The molecule has 0 heterocycles. The molecule has 2 rings (SSSR count). The summed E-state index contributed by atoms with van der Waals surface area (Å²) < 4.78 is 10.6. The van der Waals surface area contributed by atoms with Crippen molar-refractivity contribution < 1.29 is 14.6 Å². The second kappa shape index (κ2) is 10.1. The number of aliphatic imine (C=N–C) groups is 1. The molecule has 6 nitrogen and oxygen atoms in total. The van der Waals surface area contributed by atoms with Crippen LogP contribution in [0.2, 0.25) is 0 Å². The van der Waals surface area contributed by atoms with Crippen LogP contribution in [-0.2, 0) is 0 Å². The number of hydrogen-bond donors (Lipinski definition) is 3. The quantitative estimate of drug-likeness (QED) is 0.521. The predicted octanol–water partition coefficient (Wildman–Crippen LogP) is 2.63. The molecule has 0 bridgehead atoms. The van der Waals surface area contributed by atoms with Gasteiger partial charge < -0.3 is 25.2 Å². The highest BCUT2D eigenvalue weighted by Gasteiger charge is 2.17. The van der Waals surface area contributed by atoms with Crippen LogP contribution in [0.3, 0.4) is 0 Å². The van der Waals surface area contributed by atoms with Gasteiger partial charge in [-0.3, -0.25) is 4.99 Å². The zero-order chi connectivity index (χ0) is 18.1. The average molecular weight is 349 g/mol. The van der Waals surface area contributed by atoms with E-state index in [1.54, 1.807) is 26.4 Å². The summed E-state index contributed by atoms with van der Waals surface area (Å²) in [7, 11) is 3.20. The van der Waals surface area contributed by atoms with Gasteiger partial charge in [-0.05, 0) is 38.0 Å². The lowest BCUT2D eigenvalue weighted by atomic mass is 9.96. The highest BCUT2D eigenvalue weighted by Crippen LogP contribution is 2.29. The summed E-state index contributed by atoms with van der Waals surface area (Å²) in [5.74, 6) is 2.08. The van der Waals surface area contributed by atoms with Crippen LogP contribution < -0.4 is 20.1 Å². The van der Waals surface area contributed by atoms with E-state index in [1.807, 2.05) is 13.0 Å². The van der Waals surface area contributed by atoms with Crippen LogP contribution in [0.5, 0.6) is 11.5 Å². The maximum atomic E-state index is 10.6. The van der Waals surface area contributed by atoms with Gasteiger partial charge in [-0.15, -0.1) is 0 Å². The van der Waals surface area contributed by atoms with E-state index in [0.29, 0.717) is 23.1 Å². The number of aliphatic hydroxyl groups is 1. The second-order valence-corrected chi connectivity index (χ2v) is 6.32. The minimum absolute atomic E-state index is 0.256. The van der Waals surface area contributed by atoms with Crippen LogP contribution in [0, 0.1) is 0 Å². The van der Waals surface area contributed by atoms with Crippen LogP contribution in [0.1, 0.15) is 50.7 Å². The Kier molecular flexibility index (Phi) is 7.85. The number of ether oxygens (including phenoxy) is 2. The Morgan fingerprint density at radius 3 is 2.64 bits per heavy atom. The third-order valence-corrected chi connectivity index (χ3v) is 4.51. The molecule has 25 heavy (non-hydrogen) atoms. The maximum Gasteiger partial charge on any atom is 0.191 e. The SMILES string of the molecule is CCNC(=NCC(O)c1cc(OC)ccc1OC)NC1CCCCC1. The predicted molar refractivity (Wildman–Crippen MR) is 100 cm³/mol. The van der Waals surface area contributed by atoms with Crippen molar-refractivity contribution >= 4 is 5.96 Å². The first-order valence-corrected chi connectivity index (χ1v) is 9.12. The van der Waals surface area contributed by atoms with Gasteiger partial charge in [0.05, 0.1) is 20.8 Å². The molecule has 6 heteroatoms. The summed E-state index contributed by atoms with van der Waals surface area (Å²) in [4.78, 5) is 4.56. The molecule has 3 N–H and O–H groups in total. The number of hydrogen-bond acceptors (Lipinski definition) is 4. The molecule has 0 aromatic heterocycles. The summed E-state index contributed by atoms with van der Waals surface area (Å²) in [6.07, 6.45) is 5.45. The standard InChI is InChI=1S/C19H31N3O3/c1-4-20-19(22-14-8-6-5-7-9-14)21-13-17(23)16-12-15(24-2)10-11-18(16)25-3/h10-12,14,17,23H,4-9,13H2,1-3H3,(H2,20,21,22). The van der Waals surface area contributed by atoms with Crippen LogP contribution >= 0.6 is 0 Å². The molecule has 1 aromatic rings. The molecule has 0 spiro atoms. The Balaban J connectivity index is 2.05. The van der Waals surface area contributed by atoms with E-state index in [0.717, 1.165) is 12.5 Å². The molecule has 1 fully saturated rings. The molecular formula is C19H31N3O3. The van der Waals surface area contributed by atoms with Gasteiger partial charge >= 0.3 is 0 Å². The largest absolute Gasteiger partial charge is 0.497 e. The number of aliphatic hydroxyl groups excluding tert-OH is 1. The normalized spacial score (nSPS) is 17.0. The van der Waals surface area contributed by atoms with Gasteiger partial charge in [-0.2, -0.15) is 0 Å². The zero-order valence-corrected chi connectivity index (χ0v) is 15.5. The molecule has 0 radical (unpaired) electrons. The van der Waals surface area contributed by atoms with Gasteiger partial charge in [0.1, 0.15) is 17.6 Å². The summed E-state index contributed by atoms with van der Waals surface area (Å²) in [5, 5.41) is 17.3. The van der Waals surface area contributed by atoms with Crippen molar-refractivity contribution in [2.24, 2.45) is 4.99 Å². The lowest BCUT2D eigenvalue weighted by Gasteiger charge is -2.25. The van der Waals surface area contributed by atoms with E-state index in [9.17, 15) is 5.11 Å². The van der Waals surface area contributed by atoms with E-state index < -0.39 is 6.10 Å². The van der Waals surface area contributed by atoms with Gasteiger partial charge in [-0.25, -0.2) is 0 Å². The Bertz CT molecular complexity index is 557. The van der Waals surface area contributed by atoms with Crippen molar-refractivity contribution in [3.05, 3.63) is 23.8 Å². The monoisotopic (exact) mass is 349 g/mol. The molecular weight excluding hydrogens is 318 g/mol. The van der Waals surface area contributed by atoms with Gasteiger partial charge in [0.2, 0.25) is 0 Å². The number of benzene rings is 1. The molecule has 1 atom stereocenters. The van der Waals surface area contributed by atoms with Crippen molar-refractivity contribution in [2.45, 2.75) is 51.2 Å². The van der Waals surface area contributed by atoms with E-state index >= 15 is 0 Å². The van der Waals surface area contributed by atoms with E-state index in [2.05, 4.69) is 15.6 Å². The Hall–Kier alpha value is -1.95. The first-order valence-electron chi connectivity index (χ1n) is 9.12. The van der Waals surface area contributed by atoms with E-state index in [1.165, 1.54) is 32.1 Å². The Labute approximate surface area is 150 Å². The third-order valence-electron chi connectivity index (χ3n) is 4.51. The molecule has 1 aromatic carbocycles. The Morgan fingerprint density at radius 2 is 2.00 bits per heavy atom. The van der Waals surface area contributed by atoms with Crippen LogP contribution in [0.15, 0.2) is 23.2 Å². The first-order chi connectivity index (χ1) is 12.2. The van der Waals surface area contributed by atoms with Crippen molar-refractivity contribution in [3.8, 4) is 11.5 Å². The maximum absolute atomic E-state index is 10.6. The minimum Gasteiger partial charge on any atom is -0.497 e. The van der Waals surface area contributed by atoms with Crippen molar-refractivity contribution in [2.75, 3.05) is 27.3 Å². The number of nitrogens with zero attached hydrogens (tertiary/aromatic N) is 1. The third kappa shape index (κ3) is 5.81. The first kappa shape index (κ1) is 19.4. The summed E-state index contributed by atoms with van der Waals surface area (Å²) in [5.41, 5.74) is 0.680. The fourth-order valence-electron chi connectivity index (χ4n) is 3.14. The van der Waals surface area contributed by atoms with Gasteiger partial charge in [-0.1, -0.05) is 19.3 Å². The lowest BCUT2D eigenvalue weighted by Crippen LogP contribution is -2.44. The zero-order valence-electron chi connectivity index (χ0n) is 15.5. The van der Waals surface area contributed by atoms with Crippen molar-refractivity contribution in [3.63, 3.8) is 0 Å². The lowest BCUT2D eigenvalue weighted by molar-refractivity contribution is 0.182. The van der Waals surface area contributed by atoms with Crippen LogP contribution in [0.25, 0.3) is 0 Å². The van der Waals surface area contributed by atoms with Crippen LogP contribution in [-0.4, -0.2) is 44.4 Å². The minimum atomic E-state index is -0.758. The molecule has 1 unspecified atom stereocenters. The number of methoxy groups -OCH3 is 2. The highest BCUT2D eigenvalue weighted by molar-refractivity contribution is 5.80. The fourth-order valence-corrected chi connectivity index (χ4v) is 3.14. The molecule has 1 aliphatic rings. The molecule has 1 saturated carbocycles. The van der Waals surface area contributed by atoms with Gasteiger partial charge in [0.15, 0.2) is 5.96 Å². The molecule has 1 aliphatic carbocycles. The van der Waals surface area contributed by atoms with Gasteiger partial charge in [0, 0.05) is 18.2 Å². The molecule has 0 saturated heterocycles. The smallest absolute Gasteiger partial charge is 0.191 e. The van der Waals surface area contributed by atoms with Crippen molar-refractivity contribution in [1.82, 2.24) is 10.6 Å². The summed E-state index contributed by atoms with van der Waals surface area (Å²) in [6, 6.07) is 5.87. The fraction of sp³-hybridized carbons (Fsp3) is 0.632. The van der Waals surface area contributed by atoms with Gasteiger partial charge in [0.25, 0.3) is 0 Å². The van der Waals surface area contributed by atoms with Crippen LogP contribution in [0.4, 0.5) is 0 Å². The summed E-state index contributed by atoms with van der Waals surface area (Å²) in [6.45, 7) is 3.09. The second-order valence-electron chi connectivity index (χ2n) is 6.32. The average Bonchev–Trinajstić information content (AvgIpc) is 2.66. The van der Waals surface area contributed by atoms with Crippen molar-refractivity contribution in [1.29, 1.82) is 0 Å². The molecule has 140 valence electrons. The Morgan fingerprint density at radius 1 is 1.24 bits per heavy atom. The highest BCUT2D eigenvalue weighted by atomic mass is 16.5. The molecule has 0 amide bonds. The number of nitrogens with one attached hydrogen (secondary N) is 2. The molecule has 0 aliphatic heterocycles. The summed E-state index contributed by atoms with van der Waals surface area (Å²) >= 11 is 0. The number of rotatable bonds is 7. The number of guanidine groups is 1. The topological polar surface area (TPSA) is 75.1 Å².